The van der Waals surface area contributed by atoms with Crippen molar-refractivity contribution in [1.29, 1.82) is 0 Å². The van der Waals surface area contributed by atoms with Crippen LogP contribution in [0.3, 0.4) is 0 Å². The third-order valence-corrected chi connectivity index (χ3v) is 11.0. The first-order valence-corrected chi connectivity index (χ1v) is 16.3. The van der Waals surface area contributed by atoms with E-state index in [0.29, 0.717) is 0 Å². The number of rotatable bonds is 3. The van der Waals surface area contributed by atoms with Crippen LogP contribution in [0.4, 0.5) is 0 Å². The first-order valence-electron chi connectivity index (χ1n) is 15.4. The van der Waals surface area contributed by atoms with Crippen LogP contribution < -0.4 is 0 Å². The Morgan fingerprint density at radius 3 is 1.84 bits per heavy atom. The molecular formula is C43H26OS. The summed E-state index contributed by atoms with van der Waals surface area (Å²) in [6, 6.07) is 57.5. The van der Waals surface area contributed by atoms with Crippen molar-refractivity contribution in [3.8, 4) is 22.3 Å². The highest BCUT2D eigenvalue weighted by Crippen LogP contribution is 2.57. The van der Waals surface area contributed by atoms with Gasteiger partial charge in [0.05, 0.1) is 5.41 Å². The van der Waals surface area contributed by atoms with Crippen LogP contribution in [0.25, 0.3) is 64.4 Å². The van der Waals surface area contributed by atoms with Gasteiger partial charge in [-0.05, 0) is 51.6 Å². The van der Waals surface area contributed by atoms with Crippen molar-refractivity contribution in [2.75, 3.05) is 0 Å². The molecule has 9 aromatic rings. The average Bonchev–Trinajstić information content (AvgIpc) is 3.76. The molecular weight excluding hydrogens is 565 g/mol. The Morgan fingerprint density at radius 2 is 1.04 bits per heavy atom. The van der Waals surface area contributed by atoms with E-state index in [4.69, 9.17) is 4.42 Å². The topological polar surface area (TPSA) is 13.1 Å². The van der Waals surface area contributed by atoms with Gasteiger partial charge in [-0.15, -0.1) is 11.3 Å². The van der Waals surface area contributed by atoms with Crippen LogP contribution in [0.5, 0.6) is 0 Å². The number of hydrogen-bond donors (Lipinski definition) is 0. The normalized spacial score (nSPS) is 13.5. The van der Waals surface area contributed by atoms with E-state index in [1.807, 2.05) is 11.3 Å². The van der Waals surface area contributed by atoms with E-state index >= 15 is 0 Å². The molecule has 1 aliphatic rings. The highest BCUT2D eigenvalue weighted by atomic mass is 32.1. The van der Waals surface area contributed by atoms with Gasteiger partial charge in [-0.1, -0.05) is 140 Å². The largest absolute Gasteiger partial charge is 0.455 e. The molecule has 0 N–H and O–H groups in total. The number of para-hydroxylation sites is 1. The maximum atomic E-state index is 6.95. The molecule has 0 unspecified atom stereocenters. The third-order valence-electron chi connectivity index (χ3n) is 9.77. The van der Waals surface area contributed by atoms with Gasteiger partial charge in [0.25, 0.3) is 0 Å². The Bertz CT molecular complexity index is 2550. The second-order valence-corrected chi connectivity index (χ2v) is 13.0. The Hall–Kier alpha value is -5.44. The monoisotopic (exact) mass is 590 g/mol. The van der Waals surface area contributed by atoms with Gasteiger partial charge in [-0.3, -0.25) is 0 Å². The number of furan rings is 1. The van der Waals surface area contributed by atoms with Crippen molar-refractivity contribution in [3.63, 3.8) is 0 Å². The minimum atomic E-state index is -0.451. The summed E-state index contributed by atoms with van der Waals surface area (Å²) < 4.78 is 9.57. The summed E-state index contributed by atoms with van der Waals surface area (Å²) in [7, 11) is 0. The molecule has 7 aromatic carbocycles. The van der Waals surface area contributed by atoms with Gasteiger partial charge >= 0.3 is 0 Å². The zero-order valence-corrected chi connectivity index (χ0v) is 25.1. The van der Waals surface area contributed by atoms with Gasteiger partial charge < -0.3 is 4.42 Å². The van der Waals surface area contributed by atoms with Crippen molar-refractivity contribution in [3.05, 3.63) is 180 Å². The summed E-state index contributed by atoms with van der Waals surface area (Å²) >= 11 is 1.86. The summed E-state index contributed by atoms with van der Waals surface area (Å²) in [6.45, 7) is 0. The Balaban J connectivity index is 1.29. The Kier molecular flexibility index (Phi) is 5.14. The van der Waals surface area contributed by atoms with Gasteiger partial charge in [0, 0.05) is 42.1 Å². The van der Waals surface area contributed by atoms with Crippen LogP contribution in [0.1, 0.15) is 22.3 Å². The quantitative estimate of drug-likeness (QED) is 0.199. The van der Waals surface area contributed by atoms with Crippen molar-refractivity contribution < 1.29 is 4.42 Å². The minimum absolute atomic E-state index is 0.451. The highest BCUT2D eigenvalue weighted by molar-refractivity contribution is 7.26. The van der Waals surface area contributed by atoms with Crippen molar-refractivity contribution in [2.45, 2.75) is 5.41 Å². The zero-order chi connectivity index (χ0) is 29.5. The molecule has 1 aliphatic carbocycles. The fourth-order valence-corrected chi connectivity index (χ4v) is 9.13. The standard InChI is InChI=1S/C43H26OS/c1-3-13-27(14-4-1)43(28-15-5-2-6-16-28)37-23-9-7-17-29(37)35-25-36-32-20-11-19-31(41(32)44-39(36)26-38(35)43)34-22-12-21-33-30-18-8-10-24-40(30)45-42(33)34/h1-26H. The van der Waals surface area contributed by atoms with Gasteiger partial charge in [-0.25, -0.2) is 0 Å². The lowest BCUT2D eigenvalue weighted by Gasteiger charge is -2.33. The molecule has 2 aromatic heterocycles. The number of fused-ring (bicyclic) bond motifs is 9. The molecule has 2 heteroatoms. The summed E-state index contributed by atoms with van der Waals surface area (Å²) in [4.78, 5) is 0. The maximum Gasteiger partial charge on any atom is 0.143 e. The van der Waals surface area contributed by atoms with E-state index in [1.54, 1.807) is 0 Å². The molecule has 0 fully saturated rings. The number of thiophene rings is 1. The van der Waals surface area contributed by atoms with E-state index in [9.17, 15) is 0 Å². The molecule has 0 spiro atoms. The second-order valence-electron chi connectivity index (χ2n) is 12.0. The summed E-state index contributed by atoms with van der Waals surface area (Å²) in [6.07, 6.45) is 0. The minimum Gasteiger partial charge on any atom is -0.455 e. The molecule has 2 heterocycles. The van der Waals surface area contributed by atoms with Crippen LogP contribution in [0.2, 0.25) is 0 Å². The summed E-state index contributed by atoms with van der Waals surface area (Å²) in [5.74, 6) is 0. The molecule has 0 aliphatic heterocycles. The van der Waals surface area contributed by atoms with E-state index in [-0.39, 0.29) is 0 Å². The predicted octanol–water partition coefficient (Wildman–Crippen LogP) is 12.0. The van der Waals surface area contributed by atoms with Gasteiger partial charge in [0.2, 0.25) is 0 Å². The van der Waals surface area contributed by atoms with E-state index in [1.165, 1.54) is 59.1 Å². The van der Waals surface area contributed by atoms with E-state index < -0.39 is 5.41 Å². The molecule has 10 rings (SSSR count). The smallest absolute Gasteiger partial charge is 0.143 e. The molecule has 1 nitrogen and oxygen atoms in total. The van der Waals surface area contributed by atoms with Crippen molar-refractivity contribution in [2.24, 2.45) is 0 Å². The van der Waals surface area contributed by atoms with E-state index in [0.717, 1.165) is 27.5 Å². The maximum absolute atomic E-state index is 6.95. The fourth-order valence-electron chi connectivity index (χ4n) is 7.90. The van der Waals surface area contributed by atoms with Gasteiger partial charge in [0.15, 0.2) is 0 Å². The average molecular weight is 591 g/mol. The third kappa shape index (κ3) is 3.32. The Morgan fingerprint density at radius 1 is 0.422 bits per heavy atom. The fraction of sp³-hybridized carbons (Fsp3) is 0.0233. The summed E-state index contributed by atoms with van der Waals surface area (Å²) in [5.41, 5.74) is 11.4. The molecule has 0 bridgehead atoms. The SMILES string of the molecule is c1ccc(C2(c3ccccc3)c3ccccc3-c3cc4c(cc32)oc2c(-c3cccc5c3sc3ccccc35)cccc24)cc1. The first-order chi connectivity index (χ1) is 22.3. The molecule has 0 atom stereocenters. The zero-order valence-electron chi connectivity index (χ0n) is 24.3. The van der Waals surface area contributed by atoms with Crippen molar-refractivity contribution >= 4 is 53.4 Å². The van der Waals surface area contributed by atoms with E-state index in [2.05, 4.69) is 158 Å². The van der Waals surface area contributed by atoms with Gasteiger partial charge in [0.1, 0.15) is 11.2 Å². The van der Waals surface area contributed by atoms with Crippen LogP contribution >= 0.6 is 11.3 Å². The lowest BCUT2D eigenvalue weighted by atomic mass is 9.67. The predicted molar refractivity (Wildman–Crippen MR) is 189 cm³/mol. The number of benzene rings is 7. The lowest BCUT2D eigenvalue weighted by molar-refractivity contribution is 0.667. The second kappa shape index (κ2) is 9.28. The van der Waals surface area contributed by atoms with Crippen LogP contribution in [-0.4, -0.2) is 0 Å². The highest BCUT2D eigenvalue weighted by Gasteiger charge is 2.46. The van der Waals surface area contributed by atoms with Crippen LogP contribution in [-0.2, 0) is 5.41 Å². The lowest BCUT2D eigenvalue weighted by Crippen LogP contribution is -2.28. The number of hydrogen-bond acceptors (Lipinski definition) is 2. The molecule has 0 amide bonds. The van der Waals surface area contributed by atoms with Crippen molar-refractivity contribution in [1.82, 2.24) is 0 Å². The van der Waals surface area contributed by atoms with Gasteiger partial charge in [-0.2, -0.15) is 0 Å². The molecule has 45 heavy (non-hydrogen) atoms. The molecule has 210 valence electrons. The summed E-state index contributed by atoms with van der Waals surface area (Å²) in [5, 5.41) is 4.91. The molecule has 0 saturated heterocycles. The van der Waals surface area contributed by atoms with Crippen LogP contribution in [0, 0.1) is 0 Å². The molecule has 0 saturated carbocycles. The Labute approximate surface area is 264 Å². The first kappa shape index (κ1) is 24.9. The molecule has 0 radical (unpaired) electrons. The van der Waals surface area contributed by atoms with Crippen LogP contribution in [0.15, 0.2) is 162 Å².